The fraction of sp³-hybridized carbons (Fsp3) is 0.500. The van der Waals surface area contributed by atoms with Crippen LogP contribution in [0.25, 0.3) is 0 Å². The number of nitro groups is 1. The van der Waals surface area contributed by atoms with Gasteiger partial charge in [-0.05, 0) is 20.0 Å². The first kappa shape index (κ1) is 14.2. The first-order chi connectivity index (χ1) is 9.40. The number of aromatic nitrogens is 1. The van der Waals surface area contributed by atoms with Crippen LogP contribution in [0.4, 0.5) is 11.5 Å². The summed E-state index contributed by atoms with van der Waals surface area (Å²) in [4.78, 5) is 30.3. The average molecular weight is 279 g/mol. The highest BCUT2D eigenvalue weighted by molar-refractivity contribution is 5.98. The van der Waals surface area contributed by atoms with Gasteiger partial charge >= 0.3 is 0 Å². The Morgan fingerprint density at radius 3 is 2.85 bits per heavy atom. The van der Waals surface area contributed by atoms with Gasteiger partial charge in [0.1, 0.15) is 17.6 Å². The van der Waals surface area contributed by atoms with Crippen LogP contribution in [-0.4, -0.2) is 58.3 Å². The summed E-state index contributed by atoms with van der Waals surface area (Å²) in [6.45, 7) is 3.93. The molecule has 2 N–H and O–H groups in total. The van der Waals surface area contributed by atoms with Crippen LogP contribution in [0.5, 0.6) is 0 Å². The number of hydrogen-bond donors (Lipinski definition) is 1. The van der Waals surface area contributed by atoms with Crippen LogP contribution in [0.2, 0.25) is 0 Å². The molecule has 0 radical (unpaired) electrons. The zero-order valence-corrected chi connectivity index (χ0v) is 11.4. The van der Waals surface area contributed by atoms with E-state index < -0.39 is 4.92 Å². The molecule has 1 unspecified atom stereocenters. The number of amides is 1. The fourth-order valence-corrected chi connectivity index (χ4v) is 2.38. The van der Waals surface area contributed by atoms with Gasteiger partial charge < -0.3 is 15.5 Å². The summed E-state index contributed by atoms with van der Waals surface area (Å²) < 4.78 is 0. The van der Waals surface area contributed by atoms with E-state index in [0.29, 0.717) is 6.54 Å². The minimum atomic E-state index is -0.611. The molecule has 0 aromatic carbocycles. The summed E-state index contributed by atoms with van der Waals surface area (Å²) in [5.74, 6) is -0.271. The molecule has 1 saturated heterocycles. The van der Waals surface area contributed by atoms with Crippen LogP contribution < -0.4 is 5.73 Å². The summed E-state index contributed by atoms with van der Waals surface area (Å²) in [6, 6.07) is 1.26. The highest BCUT2D eigenvalue weighted by Gasteiger charge is 2.31. The Kier molecular flexibility index (Phi) is 3.84. The predicted molar refractivity (Wildman–Crippen MR) is 73.3 cm³/mol. The standard InChI is InChI=1S/C12H17N5O3/c1-8-7-15(2)3-4-16(8)12(18)9-5-11(13)14-6-10(9)17(19)20/h5-6,8H,3-4,7H2,1-2H3,(H2,13,14). The Morgan fingerprint density at radius 1 is 1.55 bits per heavy atom. The topological polar surface area (TPSA) is 106 Å². The molecule has 0 spiro atoms. The van der Waals surface area contributed by atoms with Crippen molar-refractivity contribution in [3.63, 3.8) is 0 Å². The van der Waals surface area contributed by atoms with E-state index in [2.05, 4.69) is 9.88 Å². The van der Waals surface area contributed by atoms with Gasteiger partial charge in [0.15, 0.2) is 0 Å². The van der Waals surface area contributed by atoms with Crippen molar-refractivity contribution >= 4 is 17.4 Å². The number of carbonyl (C=O) groups is 1. The summed E-state index contributed by atoms with van der Waals surface area (Å²) in [5.41, 5.74) is 5.23. The molecule has 0 bridgehead atoms. The summed E-state index contributed by atoms with van der Waals surface area (Å²) >= 11 is 0. The third-order valence-electron chi connectivity index (χ3n) is 3.42. The van der Waals surface area contributed by atoms with E-state index in [9.17, 15) is 14.9 Å². The molecule has 8 nitrogen and oxygen atoms in total. The van der Waals surface area contributed by atoms with Crippen molar-refractivity contribution in [2.75, 3.05) is 32.4 Å². The van der Waals surface area contributed by atoms with E-state index in [0.717, 1.165) is 19.3 Å². The highest BCUT2D eigenvalue weighted by atomic mass is 16.6. The number of likely N-dealkylation sites (N-methyl/N-ethyl adjacent to an activating group) is 1. The van der Waals surface area contributed by atoms with Crippen molar-refractivity contribution in [1.82, 2.24) is 14.8 Å². The molecule has 0 aliphatic carbocycles. The number of rotatable bonds is 2. The van der Waals surface area contributed by atoms with Crippen LogP contribution in [0.15, 0.2) is 12.3 Å². The largest absolute Gasteiger partial charge is 0.384 e. The maximum Gasteiger partial charge on any atom is 0.300 e. The molecule has 1 aromatic heterocycles. The number of nitrogen functional groups attached to an aromatic ring is 1. The van der Waals surface area contributed by atoms with Gasteiger partial charge in [0, 0.05) is 25.7 Å². The number of carbonyl (C=O) groups excluding carboxylic acids is 1. The SMILES string of the molecule is CC1CN(C)CCN1C(=O)c1cc(N)ncc1[N+](=O)[O-]. The quantitative estimate of drug-likeness (QED) is 0.618. The molecule has 1 fully saturated rings. The van der Waals surface area contributed by atoms with Crippen LogP contribution in [-0.2, 0) is 0 Å². The summed E-state index contributed by atoms with van der Waals surface area (Å²) in [5, 5.41) is 11.0. The molecule has 8 heteroatoms. The zero-order chi connectivity index (χ0) is 14.9. The normalized spacial score (nSPS) is 19.9. The second-order valence-corrected chi connectivity index (χ2v) is 4.99. The van der Waals surface area contributed by atoms with Crippen molar-refractivity contribution in [3.05, 3.63) is 27.9 Å². The lowest BCUT2D eigenvalue weighted by atomic mass is 10.1. The highest BCUT2D eigenvalue weighted by Crippen LogP contribution is 2.22. The number of hydrogen-bond acceptors (Lipinski definition) is 6. The third-order valence-corrected chi connectivity index (χ3v) is 3.42. The fourth-order valence-electron chi connectivity index (χ4n) is 2.38. The monoisotopic (exact) mass is 279 g/mol. The number of nitrogens with zero attached hydrogens (tertiary/aromatic N) is 4. The maximum absolute atomic E-state index is 12.5. The molecule has 1 atom stereocenters. The first-order valence-corrected chi connectivity index (χ1v) is 6.29. The van der Waals surface area contributed by atoms with E-state index in [4.69, 9.17) is 5.73 Å². The van der Waals surface area contributed by atoms with Crippen molar-refractivity contribution in [2.45, 2.75) is 13.0 Å². The molecule has 108 valence electrons. The van der Waals surface area contributed by atoms with Crippen molar-refractivity contribution in [3.8, 4) is 0 Å². The molecule has 1 aliphatic rings. The Morgan fingerprint density at radius 2 is 2.25 bits per heavy atom. The molecule has 1 aromatic rings. The lowest BCUT2D eigenvalue weighted by Gasteiger charge is -2.38. The Balaban J connectivity index is 2.33. The molecule has 1 amide bonds. The Bertz CT molecular complexity index is 548. The minimum absolute atomic E-state index is 0.00102. The molecular weight excluding hydrogens is 262 g/mol. The molecule has 1 aliphatic heterocycles. The van der Waals surface area contributed by atoms with Crippen molar-refractivity contribution in [1.29, 1.82) is 0 Å². The molecule has 2 heterocycles. The van der Waals surface area contributed by atoms with E-state index in [1.807, 2.05) is 14.0 Å². The van der Waals surface area contributed by atoms with Crippen molar-refractivity contribution < 1.29 is 9.72 Å². The van der Waals surface area contributed by atoms with Gasteiger partial charge in [-0.25, -0.2) is 4.98 Å². The number of piperazine rings is 1. The predicted octanol–water partition coefficient (Wildman–Crippen LogP) is 0.348. The third kappa shape index (κ3) is 2.69. The second-order valence-electron chi connectivity index (χ2n) is 4.99. The first-order valence-electron chi connectivity index (χ1n) is 6.29. The van der Waals surface area contributed by atoms with Gasteiger partial charge in [-0.3, -0.25) is 14.9 Å². The van der Waals surface area contributed by atoms with Gasteiger partial charge in [-0.1, -0.05) is 0 Å². The maximum atomic E-state index is 12.5. The Labute approximate surface area is 116 Å². The van der Waals surface area contributed by atoms with Crippen molar-refractivity contribution in [2.24, 2.45) is 0 Å². The lowest BCUT2D eigenvalue weighted by molar-refractivity contribution is -0.385. The smallest absolute Gasteiger partial charge is 0.300 e. The Hall–Kier alpha value is -2.22. The molecule has 20 heavy (non-hydrogen) atoms. The second kappa shape index (κ2) is 5.41. The number of anilines is 1. The van der Waals surface area contributed by atoms with Crippen LogP contribution in [0.3, 0.4) is 0 Å². The average Bonchev–Trinajstić information content (AvgIpc) is 2.37. The van der Waals surface area contributed by atoms with E-state index >= 15 is 0 Å². The van der Waals surface area contributed by atoms with Gasteiger partial charge in [0.25, 0.3) is 11.6 Å². The summed E-state index contributed by atoms with van der Waals surface area (Å²) in [7, 11) is 1.98. The van der Waals surface area contributed by atoms with E-state index in [-0.39, 0.29) is 29.0 Å². The lowest BCUT2D eigenvalue weighted by Crippen LogP contribution is -2.52. The van der Waals surface area contributed by atoms with E-state index in [1.165, 1.54) is 6.07 Å². The van der Waals surface area contributed by atoms with Gasteiger partial charge in [-0.2, -0.15) is 0 Å². The van der Waals surface area contributed by atoms with Gasteiger partial charge in [0.2, 0.25) is 0 Å². The van der Waals surface area contributed by atoms with Crippen LogP contribution in [0.1, 0.15) is 17.3 Å². The van der Waals surface area contributed by atoms with Gasteiger partial charge in [0.05, 0.1) is 4.92 Å². The molecule has 0 saturated carbocycles. The molecular formula is C12H17N5O3. The van der Waals surface area contributed by atoms with Gasteiger partial charge in [-0.15, -0.1) is 0 Å². The summed E-state index contributed by atoms with van der Waals surface area (Å²) in [6.07, 6.45) is 1.03. The minimum Gasteiger partial charge on any atom is -0.384 e. The zero-order valence-electron chi connectivity index (χ0n) is 11.4. The van der Waals surface area contributed by atoms with Crippen LogP contribution >= 0.6 is 0 Å². The molecule has 2 rings (SSSR count). The van der Waals surface area contributed by atoms with Crippen LogP contribution in [0, 0.1) is 10.1 Å². The van der Waals surface area contributed by atoms with E-state index in [1.54, 1.807) is 4.90 Å². The number of nitrogens with two attached hydrogens (primary N) is 1. The number of pyridine rings is 1.